The van der Waals surface area contributed by atoms with Gasteiger partial charge in [0.25, 0.3) is 0 Å². The predicted molar refractivity (Wildman–Crippen MR) is 88.8 cm³/mol. The van der Waals surface area contributed by atoms with Gasteiger partial charge in [-0.05, 0) is 51.2 Å². The molecule has 122 valence electrons. The van der Waals surface area contributed by atoms with E-state index >= 15 is 0 Å². The molecule has 1 aliphatic rings. The first kappa shape index (κ1) is 16.4. The van der Waals surface area contributed by atoms with E-state index in [4.69, 9.17) is 9.47 Å². The zero-order chi connectivity index (χ0) is 15.8. The SMILES string of the molecule is CN=C(NCCCN(C)C)NCCc1ccc2c(c1)OCO2. The van der Waals surface area contributed by atoms with Crippen LogP contribution >= 0.6 is 0 Å². The van der Waals surface area contributed by atoms with Gasteiger partial charge in [-0.25, -0.2) is 0 Å². The summed E-state index contributed by atoms with van der Waals surface area (Å²) in [5, 5.41) is 6.65. The van der Waals surface area contributed by atoms with Gasteiger partial charge in [0.05, 0.1) is 0 Å². The molecular formula is C16H26N4O2. The molecule has 0 saturated heterocycles. The van der Waals surface area contributed by atoms with E-state index < -0.39 is 0 Å². The molecule has 6 nitrogen and oxygen atoms in total. The van der Waals surface area contributed by atoms with Crippen molar-refractivity contribution in [3.8, 4) is 11.5 Å². The maximum Gasteiger partial charge on any atom is 0.231 e. The lowest BCUT2D eigenvalue weighted by atomic mass is 10.1. The van der Waals surface area contributed by atoms with Crippen molar-refractivity contribution in [1.82, 2.24) is 15.5 Å². The Balaban J connectivity index is 1.68. The smallest absolute Gasteiger partial charge is 0.231 e. The molecule has 0 saturated carbocycles. The van der Waals surface area contributed by atoms with E-state index in [1.165, 1.54) is 5.56 Å². The number of guanidine groups is 1. The molecule has 6 heteroatoms. The van der Waals surface area contributed by atoms with E-state index in [1.54, 1.807) is 7.05 Å². The lowest BCUT2D eigenvalue weighted by molar-refractivity contribution is 0.174. The zero-order valence-electron chi connectivity index (χ0n) is 13.7. The van der Waals surface area contributed by atoms with Gasteiger partial charge in [-0.2, -0.15) is 0 Å². The molecule has 0 radical (unpaired) electrons. The summed E-state index contributed by atoms with van der Waals surface area (Å²) in [6, 6.07) is 6.08. The summed E-state index contributed by atoms with van der Waals surface area (Å²) in [5.74, 6) is 2.51. The number of aliphatic imine (C=N–C) groups is 1. The van der Waals surface area contributed by atoms with Crippen molar-refractivity contribution in [1.29, 1.82) is 0 Å². The van der Waals surface area contributed by atoms with Crippen molar-refractivity contribution in [2.45, 2.75) is 12.8 Å². The van der Waals surface area contributed by atoms with Gasteiger partial charge in [-0.15, -0.1) is 0 Å². The Labute approximate surface area is 132 Å². The average Bonchev–Trinajstić information content (AvgIpc) is 2.97. The van der Waals surface area contributed by atoms with Crippen LogP contribution in [0.15, 0.2) is 23.2 Å². The highest BCUT2D eigenvalue weighted by atomic mass is 16.7. The quantitative estimate of drug-likeness (QED) is 0.448. The van der Waals surface area contributed by atoms with Gasteiger partial charge in [0.15, 0.2) is 17.5 Å². The number of rotatable bonds is 7. The predicted octanol–water partition coefficient (Wildman–Crippen LogP) is 1.07. The summed E-state index contributed by atoms with van der Waals surface area (Å²) in [6.07, 6.45) is 2.00. The Hall–Kier alpha value is -1.95. The molecule has 1 aromatic rings. The Morgan fingerprint density at radius 1 is 1.18 bits per heavy atom. The number of nitrogens with zero attached hydrogens (tertiary/aromatic N) is 2. The first-order valence-electron chi connectivity index (χ1n) is 7.67. The van der Waals surface area contributed by atoms with Crippen molar-refractivity contribution in [2.24, 2.45) is 4.99 Å². The lowest BCUT2D eigenvalue weighted by Gasteiger charge is -2.13. The Morgan fingerprint density at radius 2 is 1.95 bits per heavy atom. The molecule has 2 N–H and O–H groups in total. The zero-order valence-corrected chi connectivity index (χ0v) is 13.7. The average molecular weight is 306 g/mol. The van der Waals surface area contributed by atoms with Crippen molar-refractivity contribution >= 4 is 5.96 Å². The van der Waals surface area contributed by atoms with Gasteiger partial charge in [0.1, 0.15) is 0 Å². The molecule has 1 aromatic carbocycles. The van der Waals surface area contributed by atoms with Crippen LogP contribution in [-0.4, -0.2) is 58.4 Å². The third-order valence-corrected chi connectivity index (χ3v) is 3.44. The van der Waals surface area contributed by atoms with Gasteiger partial charge < -0.3 is 25.0 Å². The van der Waals surface area contributed by atoms with Crippen LogP contribution in [0.4, 0.5) is 0 Å². The van der Waals surface area contributed by atoms with Crippen LogP contribution in [0, 0.1) is 0 Å². The second-order valence-corrected chi connectivity index (χ2v) is 5.52. The molecule has 22 heavy (non-hydrogen) atoms. The van der Waals surface area contributed by atoms with Crippen molar-refractivity contribution in [3.63, 3.8) is 0 Å². The minimum absolute atomic E-state index is 0.320. The fourth-order valence-electron chi connectivity index (χ4n) is 2.24. The molecule has 0 atom stereocenters. The molecule has 1 heterocycles. The molecule has 0 fully saturated rings. The van der Waals surface area contributed by atoms with Crippen LogP contribution < -0.4 is 20.1 Å². The molecule has 0 aliphatic carbocycles. The van der Waals surface area contributed by atoms with E-state index in [2.05, 4.69) is 40.7 Å². The monoisotopic (exact) mass is 306 g/mol. The topological polar surface area (TPSA) is 58.1 Å². The molecule has 0 spiro atoms. The van der Waals surface area contributed by atoms with Gasteiger partial charge in [0.2, 0.25) is 6.79 Å². The van der Waals surface area contributed by atoms with Gasteiger partial charge >= 0.3 is 0 Å². The van der Waals surface area contributed by atoms with E-state index in [0.29, 0.717) is 6.79 Å². The van der Waals surface area contributed by atoms with Gasteiger partial charge in [0, 0.05) is 20.1 Å². The number of ether oxygens (including phenoxy) is 2. The number of hydrogen-bond donors (Lipinski definition) is 2. The lowest BCUT2D eigenvalue weighted by Crippen LogP contribution is -2.39. The van der Waals surface area contributed by atoms with E-state index in [-0.39, 0.29) is 0 Å². The van der Waals surface area contributed by atoms with Gasteiger partial charge in [-0.3, -0.25) is 4.99 Å². The highest BCUT2D eigenvalue weighted by Crippen LogP contribution is 2.32. The fraction of sp³-hybridized carbons (Fsp3) is 0.562. The minimum Gasteiger partial charge on any atom is -0.454 e. The summed E-state index contributed by atoms with van der Waals surface area (Å²) in [5.41, 5.74) is 1.22. The summed E-state index contributed by atoms with van der Waals surface area (Å²) < 4.78 is 10.7. The maximum absolute atomic E-state index is 5.39. The molecule has 0 amide bonds. The number of hydrogen-bond acceptors (Lipinski definition) is 4. The number of fused-ring (bicyclic) bond motifs is 1. The first-order valence-corrected chi connectivity index (χ1v) is 7.67. The van der Waals surface area contributed by atoms with Crippen LogP contribution in [0.2, 0.25) is 0 Å². The second-order valence-electron chi connectivity index (χ2n) is 5.52. The maximum atomic E-state index is 5.39. The Morgan fingerprint density at radius 3 is 2.73 bits per heavy atom. The van der Waals surface area contributed by atoms with Crippen molar-refractivity contribution in [2.75, 3.05) is 47.6 Å². The van der Waals surface area contributed by atoms with Crippen molar-refractivity contribution < 1.29 is 9.47 Å². The molecule has 0 aromatic heterocycles. The summed E-state index contributed by atoms with van der Waals surface area (Å²) >= 11 is 0. The van der Waals surface area contributed by atoms with Crippen LogP contribution in [-0.2, 0) is 6.42 Å². The minimum atomic E-state index is 0.320. The van der Waals surface area contributed by atoms with E-state index in [9.17, 15) is 0 Å². The summed E-state index contributed by atoms with van der Waals surface area (Å²) in [7, 11) is 5.96. The van der Waals surface area contributed by atoms with E-state index in [0.717, 1.165) is 49.9 Å². The number of benzene rings is 1. The van der Waals surface area contributed by atoms with Crippen molar-refractivity contribution in [3.05, 3.63) is 23.8 Å². The molecular weight excluding hydrogens is 280 g/mol. The normalized spacial score (nSPS) is 13.5. The second kappa shape index (κ2) is 8.48. The standard InChI is InChI=1S/C16H26N4O2/c1-17-16(18-8-4-10-20(2)3)19-9-7-13-5-6-14-15(11-13)22-12-21-14/h5-6,11H,4,7-10,12H2,1-3H3,(H2,17,18,19). The highest BCUT2D eigenvalue weighted by molar-refractivity contribution is 5.79. The third kappa shape index (κ3) is 5.11. The Bertz CT molecular complexity index is 503. The van der Waals surface area contributed by atoms with Crippen LogP contribution in [0.3, 0.4) is 0 Å². The van der Waals surface area contributed by atoms with E-state index in [1.807, 2.05) is 12.1 Å². The summed E-state index contributed by atoms with van der Waals surface area (Å²) in [6.45, 7) is 3.14. The Kier molecular flexibility index (Phi) is 6.33. The van der Waals surface area contributed by atoms with Gasteiger partial charge in [-0.1, -0.05) is 6.07 Å². The van der Waals surface area contributed by atoms with Crippen LogP contribution in [0.5, 0.6) is 11.5 Å². The molecule has 2 rings (SSSR count). The summed E-state index contributed by atoms with van der Waals surface area (Å²) in [4.78, 5) is 6.41. The number of nitrogens with one attached hydrogen (secondary N) is 2. The largest absolute Gasteiger partial charge is 0.454 e. The van der Waals surface area contributed by atoms with Crippen LogP contribution in [0.25, 0.3) is 0 Å². The molecule has 0 unspecified atom stereocenters. The molecule has 1 aliphatic heterocycles. The first-order chi connectivity index (χ1) is 10.7. The van der Waals surface area contributed by atoms with Crippen LogP contribution in [0.1, 0.15) is 12.0 Å². The highest BCUT2D eigenvalue weighted by Gasteiger charge is 2.12. The molecule has 0 bridgehead atoms. The fourth-order valence-corrected chi connectivity index (χ4v) is 2.24. The third-order valence-electron chi connectivity index (χ3n) is 3.44.